The molecule has 2 N–H and O–H groups in total. The molecule has 0 unspecified atom stereocenters. The molecule has 1 heterocycles. The van der Waals surface area contributed by atoms with E-state index in [1.54, 1.807) is 7.11 Å². The van der Waals surface area contributed by atoms with Gasteiger partial charge in [-0.05, 0) is 56.3 Å². The molecule has 0 aliphatic heterocycles. The van der Waals surface area contributed by atoms with Gasteiger partial charge in [-0.3, -0.25) is 5.10 Å². The molecule has 116 valence electrons. The van der Waals surface area contributed by atoms with Gasteiger partial charge in [0, 0.05) is 36.9 Å². The van der Waals surface area contributed by atoms with Gasteiger partial charge in [-0.2, -0.15) is 5.10 Å². The molecular formula is C17H27N3O. The Morgan fingerprint density at radius 1 is 1.24 bits per heavy atom. The van der Waals surface area contributed by atoms with E-state index in [0.29, 0.717) is 5.41 Å². The Balaban J connectivity index is 1.52. The van der Waals surface area contributed by atoms with E-state index < -0.39 is 0 Å². The van der Waals surface area contributed by atoms with E-state index in [1.165, 1.54) is 49.8 Å². The molecule has 21 heavy (non-hydrogen) atoms. The van der Waals surface area contributed by atoms with Crippen LogP contribution in [0.5, 0.6) is 0 Å². The predicted molar refractivity (Wildman–Crippen MR) is 82.0 cm³/mol. The van der Waals surface area contributed by atoms with Gasteiger partial charge in [-0.15, -0.1) is 0 Å². The summed E-state index contributed by atoms with van der Waals surface area (Å²) in [6.07, 6.45) is 10.7. The average molecular weight is 289 g/mol. The summed E-state index contributed by atoms with van der Waals surface area (Å²) in [5.41, 5.74) is 3.25. The van der Waals surface area contributed by atoms with Crippen LogP contribution in [-0.2, 0) is 16.7 Å². The van der Waals surface area contributed by atoms with Crippen LogP contribution in [0.2, 0.25) is 0 Å². The van der Waals surface area contributed by atoms with Crippen molar-refractivity contribution in [3.05, 3.63) is 17.5 Å². The van der Waals surface area contributed by atoms with Crippen molar-refractivity contribution >= 4 is 0 Å². The Hall–Kier alpha value is -0.870. The molecule has 0 aromatic carbocycles. The fourth-order valence-electron chi connectivity index (χ4n) is 5.72. The highest BCUT2D eigenvalue weighted by atomic mass is 16.5. The van der Waals surface area contributed by atoms with Crippen LogP contribution in [0.25, 0.3) is 0 Å². The number of nitrogens with zero attached hydrogens (tertiary/aromatic N) is 1. The summed E-state index contributed by atoms with van der Waals surface area (Å²) in [5.74, 6) is 2.94. The highest BCUT2D eigenvalue weighted by Crippen LogP contribution is 2.60. The SMILES string of the molecule is COCCNCc1cn[nH]c1C12CC3CC(CC(C3)C1)C2. The lowest BCUT2D eigenvalue weighted by molar-refractivity contribution is -0.00765. The molecule has 0 saturated heterocycles. The predicted octanol–water partition coefficient (Wildman–Crippen LogP) is 2.61. The summed E-state index contributed by atoms with van der Waals surface area (Å²) in [6.45, 7) is 2.59. The maximum atomic E-state index is 5.11. The third-order valence-electron chi connectivity index (χ3n) is 6.08. The van der Waals surface area contributed by atoms with Crippen molar-refractivity contribution in [3.63, 3.8) is 0 Å². The molecular weight excluding hydrogens is 262 g/mol. The van der Waals surface area contributed by atoms with E-state index in [2.05, 4.69) is 15.5 Å². The van der Waals surface area contributed by atoms with E-state index >= 15 is 0 Å². The topological polar surface area (TPSA) is 49.9 Å². The Kier molecular flexibility index (Phi) is 3.54. The second kappa shape index (κ2) is 5.40. The lowest BCUT2D eigenvalue weighted by atomic mass is 9.48. The summed E-state index contributed by atoms with van der Waals surface area (Å²) >= 11 is 0. The van der Waals surface area contributed by atoms with Crippen LogP contribution >= 0.6 is 0 Å². The Labute approximate surface area is 127 Å². The number of hydrogen-bond donors (Lipinski definition) is 2. The molecule has 0 atom stereocenters. The van der Waals surface area contributed by atoms with Gasteiger partial charge in [0.2, 0.25) is 0 Å². The minimum Gasteiger partial charge on any atom is -0.383 e. The van der Waals surface area contributed by atoms with Crippen LogP contribution in [0.15, 0.2) is 6.20 Å². The van der Waals surface area contributed by atoms with E-state index in [-0.39, 0.29) is 0 Å². The largest absolute Gasteiger partial charge is 0.383 e. The lowest BCUT2D eigenvalue weighted by Crippen LogP contribution is -2.49. The van der Waals surface area contributed by atoms with Crippen molar-refractivity contribution in [3.8, 4) is 0 Å². The molecule has 0 spiro atoms. The molecule has 4 fully saturated rings. The van der Waals surface area contributed by atoms with Crippen LogP contribution in [0.1, 0.15) is 49.8 Å². The Bertz CT molecular complexity index is 461. The summed E-state index contributed by atoms with van der Waals surface area (Å²) in [7, 11) is 1.75. The normalized spacial score (nSPS) is 37.3. The van der Waals surface area contributed by atoms with E-state index in [1.807, 2.05) is 6.20 Å². The third-order valence-corrected chi connectivity index (χ3v) is 6.08. The summed E-state index contributed by atoms with van der Waals surface area (Å²) < 4.78 is 5.11. The zero-order valence-corrected chi connectivity index (χ0v) is 13.0. The zero-order valence-electron chi connectivity index (χ0n) is 13.0. The van der Waals surface area contributed by atoms with Crippen molar-refractivity contribution in [1.29, 1.82) is 0 Å². The quantitative estimate of drug-likeness (QED) is 0.792. The van der Waals surface area contributed by atoms with Crippen LogP contribution < -0.4 is 5.32 Å². The molecule has 4 heteroatoms. The number of H-pyrrole nitrogens is 1. The van der Waals surface area contributed by atoms with Crippen molar-refractivity contribution in [2.75, 3.05) is 20.3 Å². The van der Waals surface area contributed by atoms with Gasteiger partial charge < -0.3 is 10.1 Å². The molecule has 4 bridgehead atoms. The van der Waals surface area contributed by atoms with E-state index in [0.717, 1.165) is 37.5 Å². The van der Waals surface area contributed by atoms with Crippen molar-refractivity contribution in [2.24, 2.45) is 17.8 Å². The first-order valence-corrected chi connectivity index (χ1v) is 8.51. The number of ether oxygens (including phenoxy) is 1. The minimum atomic E-state index is 0.420. The minimum absolute atomic E-state index is 0.420. The number of aromatic amines is 1. The van der Waals surface area contributed by atoms with Crippen molar-refractivity contribution in [2.45, 2.75) is 50.5 Å². The highest BCUT2D eigenvalue weighted by Gasteiger charge is 2.52. The fourth-order valence-corrected chi connectivity index (χ4v) is 5.72. The number of methoxy groups -OCH3 is 1. The number of aromatic nitrogens is 2. The molecule has 5 rings (SSSR count). The van der Waals surface area contributed by atoms with Crippen molar-refractivity contribution < 1.29 is 4.74 Å². The zero-order chi connectivity index (χ0) is 14.3. The molecule has 4 aliphatic carbocycles. The average Bonchev–Trinajstić information content (AvgIpc) is 2.91. The summed E-state index contributed by atoms with van der Waals surface area (Å²) in [4.78, 5) is 0. The Morgan fingerprint density at radius 3 is 2.52 bits per heavy atom. The van der Waals surface area contributed by atoms with Gasteiger partial charge >= 0.3 is 0 Å². The van der Waals surface area contributed by atoms with Gasteiger partial charge in [-0.25, -0.2) is 0 Å². The number of nitrogens with one attached hydrogen (secondary N) is 2. The fraction of sp³-hybridized carbons (Fsp3) is 0.824. The second-order valence-corrected chi connectivity index (χ2v) is 7.64. The second-order valence-electron chi connectivity index (χ2n) is 7.64. The van der Waals surface area contributed by atoms with Gasteiger partial charge in [0.25, 0.3) is 0 Å². The van der Waals surface area contributed by atoms with E-state index in [4.69, 9.17) is 4.74 Å². The molecule has 1 aromatic heterocycles. The van der Waals surface area contributed by atoms with Gasteiger partial charge in [-0.1, -0.05) is 0 Å². The third kappa shape index (κ3) is 2.42. The molecule has 1 aromatic rings. The maximum absolute atomic E-state index is 5.11. The number of hydrogen-bond acceptors (Lipinski definition) is 3. The van der Waals surface area contributed by atoms with Crippen LogP contribution in [0.4, 0.5) is 0 Å². The van der Waals surface area contributed by atoms with Crippen molar-refractivity contribution in [1.82, 2.24) is 15.5 Å². The Morgan fingerprint density at radius 2 is 1.90 bits per heavy atom. The van der Waals surface area contributed by atoms with Crippen LogP contribution in [-0.4, -0.2) is 30.5 Å². The van der Waals surface area contributed by atoms with Gasteiger partial charge in [0.1, 0.15) is 0 Å². The van der Waals surface area contributed by atoms with E-state index in [9.17, 15) is 0 Å². The first-order chi connectivity index (χ1) is 10.3. The molecule has 0 amide bonds. The first kappa shape index (κ1) is 13.8. The molecule has 4 aliphatic rings. The van der Waals surface area contributed by atoms with Crippen LogP contribution in [0.3, 0.4) is 0 Å². The summed E-state index contributed by atoms with van der Waals surface area (Å²) in [5, 5.41) is 11.2. The van der Waals surface area contributed by atoms with Gasteiger partial charge in [0.15, 0.2) is 0 Å². The molecule has 0 radical (unpaired) electrons. The summed E-state index contributed by atoms with van der Waals surface area (Å²) in [6, 6.07) is 0. The molecule has 4 saturated carbocycles. The smallest absolute Gasteiger partial charge is 0.0587 e. The highest BCUT2D eigenvalue weighted by molar-refractivity contribution is 5.29. The lowest BCUT2D eigenvalue weighted by Gasteiger charge is -2.56. The maximum Gasteiger partial charge on any atom is 0.0587 e. The molecule has 4 nitrogen and oxygen atoms in total. The van der Waals surface area contributed by atoms with Gasteiger partial charge in [0.05, 0.1) is 12.8 Å². The first-order valence-electron chi connectivity index (χ1n) is 8.51. The number of rotatable bonds is 6. The standard InChI is InChI=1S/C17H27N3O/c1-21-3-2-18-10-15-11-19-20-16(15)17-7-12-4-13(8-17)6-14(5-12)9-17/h11-14,18H,2-10H2,1H3,(H,19,20). The monoisotopic (exact) mass is 289 g/mol. The van der Waals surface area contributed by atoms with Crippen LogP contribution in [0, 0.1) is 17.8 Å².